The molecule has 5 rings (SSSR count). The van der Waals surface area contributed by atoms with E-state index in [-0.39, 0.29) is 31.0 Å². The molecule has 0 heterocycles. The van der Waals surface area contributed by atoms with Crippen LogP contribution in [-0.4, -0.2) is 56.0 Å². The highest BCUT2D eigenvalue weighted by atomic mass is 16.5. The molecule has 3 N–H and O–H groups in total. The van der Waals surface area contributed by atoms with E-state index in [2.05, 4.69) is 22.8 Å². The monoisotopic (exact) mass is 478 g/mol. The van der Waals surface area contributed by atoms with Crippen molar-refractivity contribution < 1.29 is 29.0 Å². The van der Waals surface area contributed by atoms with E-state index in [9.17, 15) is 19.5 Å². The minimum Gasteiger partial charge on any atom is -0.481 e. The lowest BCUT2D eigenvalue weighted by Gasteiger charge is -2.31. The van der Waals surface area contributed by atoms with Gasteiger partial charge >= 0.3 is 12.1 Å². The molecule has 0 radical (unpaired) electrons. The summed E-state index contributed by atoms with van der Waals surface area (Å²) in [5.74, 6) is -1.36. The van der Waals surface area contributed by atoms with Gasteiger partial charge in [0.15, 0.2) is 6.10 Å². The second-order valence-corrected chi connectivity index (χ2v) is 9.85. The summed E-state index contributed by atoms with van der Waals surface area (Å²) >= 11 is 0. The number of hydrogen-bond acceptors (Lipinski definition) is 5. The van der Waals surface area contributed by atoms with Crippen LogP contribution in [0.5, 0.6) is 0 Å². The number of aliphatic carboxylic acids is 1. The molecule has 2 aromatic rings. The van der Waals surface area contributed by atoms with E-state index < -0.39 is 29.5 Å². The van der Waals surface area contributed by atoms with Gasteiger partial charge in [-0.05, 0) is 46.9 Å². The molecule has 1 spiro atoms. The summed E-state index contributed by atoms with van der Waals surface area (Å²) < 4.78 is 10.7. The predicted octanol–water partition coefficient (Wildman–Crippen LogP) is 3.30. The number of carbonyl (C=O) groups is 3. The van der Waals surface area contributed by atoms with Gasteiger partial charge < -0.3 is 25.2 Å². The second kappa shape index (κ2) is 9.00. The quantitative estimate of drug-likeness (QED) is 0.510. The van der Waals surface area contributed by atoms with Crippen molar-refractivity contribution in [1.29, 1.82) is 0 Å². The number of carbonyl (C=O) groups excluding carboxylic acids is 2. The van der Waals surface area contributed by atoms with Crippen LogP contribution in [0, 0.1) is 10.8 Å². The number of amides is 2. The molecule has 2 unspecified atom stereocenters. The normalized spacial score (nSPS) is 21.9. The zero-order valence-electron chi connectivity index (χ0n) is 19.7. The van der Waals surface area contributed by atoms with Gasteiger partial charge in [0, 0.05) is 19.6 Å². The molecule has 0 aliphatic heterocycles. The molecule has 8 heteroatoms. The highest BCUT2D eigenvalue weighted by Crippen LogP contribution is 2.73. The largest absolute Gasteiger partial charge is 0.481 e. The fourth-order valence-electron chi connectivity index (χ4n) is 5.88. The third kappa shape index (κ3) is 3.95. The first-order valence-corrected chi connectivity index (χ1v) is 12.0. The number of fused-ring (bicyclic) bond motifs is 3. The Bertz CT molecular complexity index is 1110. The number of benzene rings is 2. The molecule has 8 nitrogen and oxygen atoms in total. The molecule has 2 fully saturated rings. The number of hydrogen-bond donors (Lipinski definition) is 3. The second-order valence-electron chi connectivity index (χ2n) is 9.85. The molecular weight excluding hydrogens is 448 g/mol. The molecule has 184 valence electrons. The van der Waals surface area contributed by atoms with E-state index in [0.29, 0.717) is 6.42 Å². The molecule has 2 aromatic carbocycles. The minimum absolute atomic E-state index is 0.0563. The molecule has 3 aliphatic rings. The van der Waals surface area contributed by atoms with Crippen molar-refractivity contribution in [3.05, 3.63) is 59.7 Å². The molecule has 2 amide bonds. The number of alkyl carbamates (subject to hydrolysis) is 1. The Morgan fingerprint density at radius 3 is 2.17 bits per heavy atom. The number of rotatable bonds is 9. The minimum atomic E-state index is -0.947. The van der Waals surface area contributed by atoms with Gasteiger partial charge in [0.05, 0.1) is 12.0 Å². The SMILES string of the molecule is COC(CNC(=O)OCC1c2ccccc2-c2ccccc21)C(=O)NCC1(C(=O)O)CC12CCC2. The van der Waals surface area contributed by atoms with Crippen LogP contribution in [0.3, 0.4) is 0 Å². The van der Waals surface area contributed by atoms with Crippen LogP contribution in [0.2, 0.25) is 0 Å². The van der Waals surface area contributed by atoms with E-state index in [1.54, 1.807) is 0 Å². The Hall–Kier alpha value is -3.39. The Morgan fingerprint density at radius 1 is 1.03 bits per heavy atom. The van der Waals surface area contributed by atoms with Crippen molar-refractivity contribution in [2.45, 2.75) is 37.7 Å². The summed E-state index contributed by atoms with van der Waals surface area (Å²) in [4.78, 5) is 36.9. The first-order valence-electron chi connectivity index (χ1n) is 12.0. The number of methoxy groups -OCH3 is 1. The van der Waals surface area contributed by atoms with Crippen LogP contribution in [0.4, 0.5) is 4.79 Å². The molecule has 0 saturated heterocycles. The van der Waals surface area contributed by atoms with Crippen LogP contribution >= 0.6 is 0 Å². The summed E-state index contributed by atoms with van der Waals surface area (Å²) in [6.45, 7) is 0.170. The fourth-order valence-corrected chi connectivity index (χ4v) is 5.88. The first-order chi connectivity index (χ1) is 16.9. The maximum absolute atomic E-state index is 12.6. The first kappa shape index (κ1) is 23.4. The van der Waals surface area contributed by atoms with Gasteiger partial charge in [0.25, 0.3) is 5.91 Å². The summed E-state index contributed by atoms with van der Waals surface area (Å²) in [6.07, 6.45) is 1.84. The number of carboxylic acids is 1. The van der Waals surface area contributed by atoms with Gasteiger partial charge in [-0.15, -0.1) is 0 Å². The highest BCUT2D eigenvalue weighted by Gasteiger charge is 2.73. The Labute approximate surface area is 204 Å². The van der Waals surface area contributed by atoms with Gasteiger partial charge in [-0.25, -0.2) is 4.79 Å². The molecular formula is C27H30N2O6. The van der Waals surface area contributed by atoms with Gasteiger partial charge in [0.1, 0.15) is 6.61 Å². The number of carboxylic acid groups (broad SMARTS) is 1. The highest BCUT2D eigenvalue weighted by molar-refractivity contribution is 5.85. The van der Waals surface area contributed by atoms with Crippen LogP contribution in [-0.2, 0) is 19.1 Å². The van der Waals surface area contributed by atoms with Crippen molar-refractivity contribution in [3.63, 3.8) is 0 Å². The van der Waals surface area contributed by atoms with E-state index in [1.807, 2.05) is 36.4 Å². The lowest BCUT2D eigenvalue weighted by molar-refractivity contribution is -0.146. The van der Waals surface area contributed by atoms with Crippen LogP contribution in [0.25, 0.3) is 11.1 Å². The van der Waals surface area contributed by atoms with Crippen molar-refractivity contribution in [2.24, 2.45) is 10.8 Å². The van der Waals surface area contributed by atoms with Gasteiger partial charge in [-0.2, -0.15) is 0 Å². The van der Waals surface area contributed by atoms with Crippen molar-refractivity contribution in [1.82, 2.24) is 10.6 Å². The summed E-state index contributed by atoms with van der Waals surface area (Å²) in [5.41, 5.74) is 3.49. The van der Waals surface area contributed by atoms with Crippen LogP contribution < -0.4 is 10.6 Å². The standard InChI is InChI=1S/C27H30N2O6/c1-34-22(23(30)29-16-27(24(31)32)15-26(27)11-6-12-26)13-28-25(33)35-14-21-19-9-4-2-7-17(19)18-8-3-5-10-20(18)21/h2-5,7-10,21-22H,6,11-16H2,1H3,(H,28,33)(H,29,30)(H,31,32). The third-order valence-electron chi connectivity index (χ3n) is 8.17. The predicted molar refractivity (Wildman–Crippen MR) is 128 cm³/mol. The maximum atomic E-state index is 12.6. The van der Waals surface area contributed by atoms with E-state index in [1.165, 1.54) is 7.11 Å². The zero-order chi connectivity index (χ0) is 24.6. The molecule has 0 aromatic heterocycles. The summed E-state index contributed by atoms with van der Waals surface area (Å²) in [5, 5.41) is 15.0. The van der Waals surface area contributed by atoms with Crippen LogP contribution in [0.15, 0.2) is 48.5 Å². The lowest BCUT2D eigenvalue weighted by Crippen LogP contribution is -2.47. The van der Waals surface area contributed by atoms with E-state index in [4.69, 9.17) is 9.47 Å². The van der Waals surface area contributed by atoms with Gasteiger partial charge in [0.2, 0.25) is 0 Å². The topological polar surface area (TPSA) is 114 Å². The van der Waals surface area contributed by atoms with Crippen molar-refractivity contribution in [3.8, 4) is 11.1 Å². The molecule has 35 heavy (non-hydrogen) atoms. The average Bonchev–Trinajstić information content (AvgIpc) is 3.47. The van der Waals surface area contributed by atoms with Gasteiger partial charge in [-0.1, -0.05) is 55.0 Å². The van der Waals surface area contributed by atoms with E-state index in [0.717, 1.165) is 41.5 Å². The Morgan fingerprint density at radius 2 is 1.66 bits per heavy atom. The molecule has 3 aliphatic carbocycles. The Balaban J connectivity index is 1.12. The van der Waals surface area contributed by atoms with E-state index >= 15 is 0 Å². The van der Waals surface area contributed by atoms with Crippen molar-refractivity contribution in [2.75, 3.05) is 26.8 Å². The number of ether oxygens (including phenoxy) is 2. The van der Waals surface area contributed by atoms with Crippen LogP contribution in [0.1, 0.15) is 42.7 Å². The lowest BCUT2D eigenvalue weighted by atomic mass is 9.75. The summed E-state index contributed by atoms with van der Waals surface area (Å²) in [6, 6.07) is 16.2. The van der Waals surface area contributed by atoms with Gasteiger partial charge in [-0.3, -0.25) is 9.59 Å². The maximum Gasteiger partial charge on any atom is 0.407 e. The number of nitrogens with one attached hydrogen (secondary N) is 2. The fraction of sp³-hybridized carbons (Fsp3) is 0.444. The summed E-state index contributed by atoms with van der Waals surface area (Å²) in [7, 11) is 1.38. The smallest absolute Gasteiger partial charge is 0.407 e. The molecule has 2 saturated carbocycles. The molecule has 0 bridgehead atoms. The third-order valence-corrected chi connectivity index (χ3v) is 8.17. The Kier molecular flexibility index (Phi) is 6.01. The zero-order valence-corrected chi connectivity index (χ0v) is 19.7. The molecule has 2 atom stereocenters. The average molecular weight is 479 g/mol. The van der Waals surface area contributed by atoms with Crippen molar-refractivity contribution >= 4 is 18.0 Å².